The van der Waals surface area contributed by atoms with Gasteiger partial charge in [0.2, 0.25) is 5.91 Å². The Morgan fingerprint density at radius 2 is 1.83 bits per heavy atom. The van der Waals surface area contributed by atoms with Crippen molar-refractivity contribution in [2.24, 2.45) is 0 Å². The molecule has 0 bridgehead atoms. The van der Waals surface area contributed by atoms with E-state index in [4.69, 9.17) is 9.15 Å². The summed E-state index contributed by atoms with van der Waals surface area (Å²) in [5.41, 5.74) is 1.95. The number of halogens is 1. The van der Waals surface area contributed by atoms with Gasteiger partial charge in [-0.3, -0.25) is 4.79 Å². The fourth-order valence-electron chi connectivity index (χ4n) is 2.47. The van der Waals surface area contributed by atoms with Crippen molar-refractivity contribution in [2.45, 2.75) is 43.8 Å². The van der Waals surface area contributed by atoms with E-state index in [1.807, 2.05) is 24.3 Å². The Bertz CT molecular complexity index is 945. The van der Waals surface area contributed by atoms with Crippen LogP contribution >= 0.6 is 11.8 Å². The molecular formula is C21H22FN3O3S. The summed E-state index contributed by atoms with van der Waals surface area (Å²) in [4.78, 5) is 12.4. The topological polar surface area (TPSA) is 77.2 Å². The number of aryl methyl sites for hydroxylation is 1. The van der Waals surface area contributed by atoms with E-state index < -0.39 is 11.4 Å². The van der Waals surface area contributed by atoms with E-state index in [1.165, 1.54) is 41.6 Å². The molecule has 0 aliphatic heterocycles. The van der Waals surface area contributed by atoms with Crippen molar-refractivity contribution in [3.8, 4) is 5.75 Å². The van der Waals surface area contributed by atoms with Crippen LogP contribution in [-0.4, -0.2) is 21.4 Å². The highest BCUT2D eigenvalue weighted by atomic mass is 32.2. The zero-order valence-corrected chi connectivity index (χ0v) is 17.2. The van der Waals surface area contributed by atoms with Crippen LogP contribution in [0.2, 0.25) is 0 Å². The van der Waals surface area contributed by atoms with Crippen LogP contribution in [0.4, 0.5) is 10.1 Å². The van der Waals surface area contributed by atoms with Gasteiger partial charge in [0.05, 0.1) is 5.25 Å². The van der Waals surface area contributed by atoms with Crippen molar-refractivity contribution in [3.05, 3.63) is 65.8 Å². The molecule has 2 atom stereocenters. The highest BCUT2D eigenvalue weighted by Gasteiger charge is 2.21. The van der Waals surface area contributed by atoms with Gasteiger partial charge < -0.3 is 14.5 Å². The Balaban J connectivity index is 1.55. The minimum atomic E-state index is -0.511. The monoisotopic (exact) mass is 415 g/mol. The van der Waals surface area contributed by atoms with Crippen molar-refractivity contribution in [2.75, 3.05) is 5.32 Å². The number of amides is 1. The SMILES string of the molecule is CCc1ccc(NC(=O)[C@H](C)Sc2nnc([C@H](C)Oc3ccc(F)cc3)o2)cc1. The molecule has 1 amide bonds. The number of thioether (sulfide) groups is 1. The van der Waals surface area contributed by atoms with Crippen molar-refractivity contribution >= 4 is 23.4 Å². The number of carbonyl (C=O) groups is 1. The Morgan fingerprint density at radius 3 is 2.48 bits per heavy atom. The first-order valence-corrected chi connectivity index (χ1v) is 10.1. The first-order chi connectivity index (χ1) is 13.9. The second-order valence-electron chi connectivity index (χ2n) is 6.42. The summed E-state index contributed by atoms with van der Waals surface area (Å²) in [6.45, 7) is 5.60. The molecule has 0 aliphatic carbocycles. The second kappa shape index (κ2) is 9.56. The van der Waals surface area contributed by atoms with Crippen LogP contribution in [0.1, 0.15) is 38.3 Å². The predicted molar refractivity (Wildman–Crippen MR) is 110 cm³/mol. The maximum absolute atomic E-state index is 13.0. The standard InChI is InChI=1S/C21H22FN3O3S/c1-4-15-5-9-17(10-6-15)23-19(26)14(3)29-21-25-24-20(28-21)13(2)27-18-11-7-16(22)8-12-18/h5-14H,4H2,1-3H3,(H,23,26)/t13-,14-/m0/s1. The zero-order valence-electron chi connectivity index (χ0n) is 16.4. The van der Waals surface area contributed by atoms with Crippen LogP contribution in [0, 0.1) is 5.82 Å². The Hall–Kier alpha value is -2.87. The predicted octanol–water partition coefficient (Wildman–Crippen LogP) is 5.03. The van der Waals surface area contributed by atoms with Gasteiger partial charge in [0.15, 0.2) is 6.10 Å². The van der Waals surface area contributed by atoms with Crippen LogP contribution in [-0.2, 0) is 11.2 Å². The maximum Gasteiger partial charge on any atom is 0.277 e. The van der Waals surface area contributed by atoms with Crippen LogP contribution < -0.4 is 10.1 Å². The maximum atomic E-state index is 13.0. The lowest BCUT2D eigenvalue weighted by atomic mass is 10.1. The van der Waals surface area contributed by atoms with Gasteiger partial charge in [-0.1, -0.05) is 30.8 Å². The average Bonchev–Trinajstić information content (AvgIpc) is 3.19. The molecule has 8 heteroatoms. The van der Waals surface area contributed by atoms with Gasteiger partial charge in [0, 0.05) is 5.69 Å². The first kappa shape index (κ1) is 20.9. The second-order valence-corrected chi connectivity index (χ2v) is 7.71. The third-order valence-electron chi connectivity index (χ3n) is 4.17. The van der Waals surface area contributed by atoms with E-state index in [0.29, 0.717) is 5.75 Å². The number of anilines is 1. The van der Waals surface area contributed by atoms with Gasteiger partial charge in [-0.25, -0.2) is 4.39 Å². The number of carbonyl (C=O) groups excluding carboxylic acids is 1. The van der Waals surface area contributed by atoms with Crippen LogP contribution in [0.25, 0.3) is 0 Å². The molecule has 0 radical (unpaired) electrons. The Kier molecular flexibility index (Phi) is 6.87. The highest BCUT2D eigenvalue weighted by molar-refractivity contribution is 8.00. The number of nitrogens with one attached hydrogen (secondary N) is 1. The molecule has 0 spiro atoms. The summed E-state index contributed by atoms with van der Waals surface area (Å²) >= 11 is 1.17. The quantitative estimate of drug-likeness (QED) is 0.520. The van der Waals surface area contributed by atoms with E-state index in [9.17, 15) is 9.18 Å². The van der Waals surface area contributed by atoms with Gasteiger partial charge in [-0.15, -0.1) is 10.2 Å². The van der Waals surface area contributed by atoms with Crippen molar-refractivity contribution < 1.29 is 18.3 Å². The number of nitrogens with zero attached hydrogens (tertiary/aromatic N) is 2. The largest absolute Gasteiger partial charge is 0.481 e. The molecule has 0 unspecified atom stereocenters. The molecule has 3 aromatic rings. The van der Waals surface area contributed by atoms with Crippen LogP contribution in [0.3, 0.4) is 0 Å². The summed E-state index contributed by atoms with van der Waals surface area (Å²) < 4.78 is 24.2. The molecule has 1 N–H and O–H groups in total. The van der Waals surface area contributed by atoms with Crippen molar-refractivity contribution in [3.63, 3.8) is 0 Å². The Labute approximate surface area is 172 Å². The lowest BCUT2D eigenvalue weighted by Crippen LogP contribution is -2.22. The van der Waals surface area contributed by atoms with Crippen LogP contribution in [0.15, 0.2) is 58.2 Å². The highest BCUT2D eigenvalue weighted by Crippen LogP contribution is 2.27. The minimum Gasteiger partial charge on any atom is -0.481 e. The van der Waals surface area contributed by atoms with E-state index in [-0.39, 0.29) is 22.8 Å². The van der Waals surface area contributed by atoms with Crippen LogP contribution in [0.5, 0.6) is 5.75 Å². The molecule has 0 aliphatic rings. The molecule has 2 aromatic carbocycles. The van der Waals surface area contributed by atoms with E-state index in [2.05, 4.69) is 22.4 Å². The summed E-state index contributed by atoms with van der Waals surface area (Å²) in [6, 6.07) is 13.4. The fourth-order valence-corrected chi connectivity index (χ4v) is 3.16. The summed E-state index contributed by atoms with van der Waals surface area (Å²) in [6.07, 6.45) is 0.437. The first-order valence-electron chi connectivity index (χ1n) is 9.26. The zero-order chi connectivity index (χ0) is 20.8. The molecule has 1 heterocycles. The van der Waals surface area contributed by atoms with E-state index in [0.717, 1.165) is 12.1 Å². The Morgan fingerprint density at radius 1 is 1.14 bits per heavy atom. The number of aromatic nitrogens is 2. The number of benzene rings is 2. The summed E-state index contributed by atoms with van der Waals surface area (Å²) in [5, 5.41) is 10.7. The fraction of sp³-hybridized carbons (Fsp3) is 0.286. The summed E-state index contributed by atoms with van der Waals surface area (Å²) in [7, 11) is 0. The normalized spacial score (nSPS) is 13.0. The molecule has 3 rings (SSSR count). The lowest BCUT2D eigenvalue weighted by Gasteiger charge is -2.11. The van der Waals surface area contributed by atoms with Gasteiger partial charge in [0.1, 0.15) is 11.6 Å². The molecule has 29 heavy (non-hydrogen) atoms. The molecule has 1 aromatic heterocycles. The van der Waals surface area contributed by atoms with E-state index >= 15 is 0 Å². The summed E-state index contributed by atoms with van der Waals surface area (Å²) in [5.74, 6) is 0.275. The average molecular weight is 415 g/mol. The molecule has 152 valence electrons. The number of hydrogen-bond acceptors (Lipinski definition) is 6. The third-order valence-corrected chi connectivity index (χ3v) is 5.11. The molecule has 6 nitrogen and oxygen atoms in total. The molecule has 0 fully saturated rings. The number of rotatable bonds is 8. The smallest absolute Gasteiger partial charge is 0.277 e. The number of hydrogen-bond donors (Lipinski definition) is 1. The van der Waals surface area contributed by atoms with Gasteiger partial charge in [-0.2, -0.15) is 0 Å². The van der Waals surface area contributed by atoms with Crippen molar-refractivity contribution in [1.29, 1.82) is 0 Å². The van der Waals surface area contributed by atoms with Gasteiger partial charge in [0.25, 0.3) is 11.1 Å². The number of ether oxygens (including phenoxy) is 1. The molecule has 0 saturated heterocycles. The van der Waals surface area contributed by atoms with E-state index in [1.54, 1.807) is 13.8 Å². The third kappa shape index (κ3) is 5.80. The minimum absolute atomic E-state index is 0.158. The van der Waals surface area contributed by atoms with Crippen molar-refractivity contribution in [1.82, 2.24) is 10.2 Å². The lowest BCUT2D eigenvalue weighted by molar-refractivity contribution is -0.115. The van der Waals surface area contributed by atoms with Gasteiger partial charge >= 0.3 is 0 Å². The van der Waals surface area contributed by atoms with Gasteiger partial charge in [-0.05, 0) is 62.2 Å². The molecule has 0 saturated carbocycles. The molecular weight excluding hydrogens is 393 g/mol.